The first-order valence-electron chi connectivity index (χ1n) is 10.7. The van der Waals surface area contributed by atoms with Gasteiger partial charge >= 0.3 is 0 Å². The topological polar surface area (TPSA) is 105 Å². The van der Waals surface area contributed by atoms with Crippen molar-refractivity contribution in [3.8, 4) is 11.5 Å². The molecule has 8 nitrogen and oxygen atoms in total. The van der Waals surface area contributed by atoms with Gasteiger partial charge in [-0.05, 0) is 56.3 Å². The molecule has 2 amide bonds. The third kappa shape index (κ3) is 4.98. The Labute approximate surface area is 195 Å². The van der Waals surface area contributed by atoms with Gasteiger partial charge < -0.3 is 25.1 Å². The number of hydrogen-bond donors (Lipinski definition) is 3. The van der Waals surface area contributed by atoms with Crippen molar-refractivity contribution in [2.75, 3.05) is 23.8 Å². The zero-order chi connectivity index (χ0) is 24.1. The Balaban J connectivity index is 1.63. The lowest BCUT2D eigenvalue weighted by molar-refractivity contribution is 0.101. The van der Waals surface area contributed by atoms with Crippen molar-refractivity contribution in [1.29, 1.82) is 0 Å². The molecule has 0 atom stereocenters. The summed E-state index contributed by atoms with van der Waals surface area (Å²) < 4.78 is 24.6. The molecule has 0 aliphatic rings. The molecule has 9 heteroatoms. The average molecular weight is 462 g/mol. The molecule has 1 aromatic heterocycles. The van der Waals surface area contributed by atoms with E-state index in [-0.39, 0.29) is 11.5 Å². The number of fused-ring (bicyclic) bond motifs is 1. The van der Waals surface area contributed by atoms with Gasteiger partial charge in [0.05, 0.1) is 41.9 Å². The highest BCUT2D eigenvalue weighted by molar-refractivity contribution is 6.08. The second-order valence-electron chi connectivity index (χ2n) is 7.26. The number of benzene rings is 3. The zero-order valence-corrected chi connectivity index (χ0v) is 18.6. The molecule has 174 valence electrons. The Hall–Kier alpha value is -4.40. The van der Waals surface area contributed by atoms with E-state index in [0.717, 1.165) is 11.0 Å². The van der Waals surface area contributed by atoms with Gasteiger partial charge in [-0.2, -0.15) is 0 Å². The van der Waals surface area contributed by atoms with E-state index in [4.69, 9.17) is 9.47 Å². The molecule has 4 rings (SSSR count). The van der Waals surface area contributed by atoms with Crippen LogP contribution in [0.2, 0.25) is 0 Å². The molecule has 0 saturated carbocycles. The molecule has 0 aliphatic heterocycles. The minimum atomic E-state index is -0.437. The van der Waals surface area contributed by atoms with E-state index < -0.39 is 11.7 Å². The van der Waals surface area contributed by atoms with Crippen LogP contribution in [0.4, 0.5) is 15.8 Å². The maximum Gasteiger partial charge on any atom is 0.255 e. The van der Waals surface area contributed by atoms with Crippen molar-refractivity contribution >= 4 is 34.2 Å². The van der Waals surface area contributed by atoms with Crippen molar-refractivity contribution in [2.24, 2.45) is 0 Å². The fourth-order valence-electron chi connectivity index (χ4n) is 3.37. The molecule has 0 aliphatic carbocycles. The second-order valence-corrected chi connectivity index (χ2v) is 7.26. The Bertz CT molecular complexity index is 1330. The van der Waals surface area contributed by atoms with E-state index in [1.165, 1.54) is 24.3 Å². The van der Waals surface area contributed by atoms with Crippen LogP contribution in [0.5, 0.6) is 11.5 Å². The fourth-order valence-corrected chi connectivity index (χ4v) is 3.37. The van der Waals surface area contributed by atoms with Crippen LogP contribution >= 0.6 is 0 Å². The molecule has 3 N–H and O–H groups in total. The number of amides is 2. The first-order valence-corrected chi connectivity index (χ1v) is 10.7. The summed E-state index contributed by atoms with van der Waals surface area (Å²) >= 11 is 0. The third-order valence-electron chi connectivity index (χ3n) is 4.97. The SMILES string of the molecule is CCOc1cc(NC(=O)c2ccc3nc[nH]c3c2)c(OCC)cc1NC(=O)c1ccc(F)cc1. The summed E-state index contributed by atoms with van der Waals surface area (Å²) in [7, 11) is 0. The number of nitrogens with one attached hydrogen (secondary N) is 3. The van der Waals surface area contributed by atoms with E-state index in [2.05, 4.69) is 20.6 Å². The third-order valence-corrected chi connectivity index (χ3v) is 4.97. The minimum absolute atomic E-state index is 0.286. The van der Waals surface area contributed by atoms with Crippen LogP contribution in [0.3, 0.4) is 0 Å². The van der Waals surface area contributed by atoms with Gasteiger partial charge in [0.1, 0.15) is 17.3 Å². The number of carbonyl (C=O) groups is 2. The smallest absolute Gasteiger partial charge is 0.255 e. The standard InChI is InChI=1S/C25H23FN4O4/c1-3-33-22-13-21(30-25(32)16-7-10-18-19(11-16)28-14-27-18)23(34-4-2)12-20(22)29-24(31)15-5-8-17(26)9-6-15/h5-14H,3-4H2,1-2H3,(H,27,28)(H,29,31)(H,30,32). The molecule has 0 spiro atoms. The quantitative estimate of drug-likeness (QED) is 0.342. The maximum atomic E-state index is 13.2. The lowest BCUT2D eigenvalue weighted by Crippen LogP contribution is -2.15. The predicted octanol–water partition coefficient (Wildman–Crippen LogP) is 5.00. The number of aromatic amines is 1. The van der Waals surface area contributed by atoms with Crippen molar-refractivity contribution in [2.45, 2.75) is 13.8 Å². The Kier molecular flexibility index (Phi) is 6.72. The van der Waals surface area contributed by atoms with Crippen LogP contribution in [0.15, 0.2) is 60.9 Å². The van der Waals surface area contributed by atoms with Crippen LogP contribution in [0, 0.1) is 5.82 Å². The van der Waals surface area contributed by atoms with E-state index >= 15 is 0 Å². The number of halogens is 1. The summed E-state index contributed by atoms with van der Waals surface area (Å²) in [5, 5.41) is 5.62. The lowest BCUT2D eigenvalue weighted by atomic mass is 10.1. The van der Waals surface area contributed by atoms with Gasteiger partial charge in [0.15, 0.2) is 0 Å². The van der Waals surface area contributed by atoms with Gasteiger partial charge in [0.2, 0.25) is 0 Å². The van der Waals surface area contributed by atoms with Crippen molar-refractivity contribution in [1.82, 2.24) is 9.97 Å². The molecule has 0 fully saturated rings. The van der Waals surface area contributed by atoms with Gasteiger partial charge in [-0.1, -0.05) is 0 Å². The fraction of sp³-hybridized carbons (Fsp3) is 0.160. The van der Waals surface area contributed by atoms with Gasteiger partial charge in [-0.15, -0.1) is 0 Å². The molecule has 0 radical (unpaired) electrons. The molecule has 3 aromatic carbocycles. The number of H-pyrrole nitrogens is 1. The highest BCUT2D eigenvalue weighted by Gasteiger charge is 2.18. The van der Waals surface area contributed by atoms with Crippen molar-refractivity contribution < 1.29 is 23.5 Å². The number of hydrogen-bond acceptors (Lipinski definition) is 5. The van der Waals surface area contributed by atoms with E-state index in [1.54, 1.807) is 43.6 Å². The predicted molar refractivity (Wildman–Crippen MR) is 127 cm³/mol. The normalized spacial score (nSPS) is 10.7. The number of imidazole rings is 1. The van der Waals surface area contributed by atoms with Crippen LogP contribution in [-0.4, -0.2) is 35.0 Å². The van der Waals surface area contributed by atoms with Gasteiger partial charge in [0, 0.05) is 23.3 Å². The zero-order valence-electron chi connectivity index (χ0n) is 18.6. The maximum absolute atomic E-state index is 13.2. The Morgan fingerprint density at radius 2 is 1.41 bits per heavy atom. The highest BCUT2D eigenvalue weighted by atomic mass is 19.1. The van der Waals surface area contributed by atoms with Crippen LogP contribution in [-0.2, 0) is 0 Å². The van der Waals surface area contributed by atoms with E-state index in [0.29, 0.717) is 41.7 Å². The molecule has 0 bridgehead atoms. The van der Waals surface area contributed by atoms with Crippen molar-refractivity contribution in [3.63, 3.8) is 0 Å². The molecular formula is C25H23FN4O4. The molecule has 4 aromatic rings. The highest BCUT2D eigenvalue weighted by Crippen LogP contribution is 2.37. The average Bonchev–Trinajstić information content (AvgIpc) is 3.30. The van der Waals surface area contributed by atoms with Gasteiger partial charge in [-0.3, -0.25) is 9.59 Å². The van der Waals surface area contributed by atoms with Gasteiger partial charge in [-0.25, -0.2) is 9.37 Å². The molecular weight excluding hydrogens is 439 g/mol. The molecule has 0 unspecified atom stereocenters. The summed E-state index contributed by atoms with van der Waals surface area (Å²) in [5.41, 5.74) is 2.97. The largest absolute Gasteiger partial charge is 0.492 e. The number of ether oxygens (including phenoxy) is 2. The van der Waals surface area contributed by atoms with Crippen LogP contribution in [0.25, 0.3) is 11.0 Å². The number of aromatic nitrogens is 2. The summed E-state index contributed by atoms with van der Waals surface area (Å²) in [6.45, 7) is 4.28. The first kappa shape index (κ1) is 22.8. The summed E-state index contributed by atoms with van der Waals surface area (Å²) in [6.07, 6.45) is 1.56. The van der Waals surface area contributed by atoms with Crippen LogP contribution in [0.1, 0.15) is 34.6 Å². The number of rotatable bonds is 8. The first-order chi connectivity index (χ1) is 16.5. The number of anilines is 2. The Morgan fingerprint density at radius 1 is 0.853 bits per heavy atom. The molecule has 0 saturated heterocycles. The minimum Gasteiger partial charge on any atom is -0.492 e. The summed E-state index contributed by atoms with van der Waals surface area (Å²) in [4.78, 5) is 32.8. The Morgan fingerprint density at radius 3 is 2.00 bits per heavy atom. The monoisotopic (exact) mass is 462 g/mol. The number of carbonyl (C=O) groups excluding carboxylic acids is 2. The van der Waals surface area contributed by atoms with Crippen molar-refractivity contribution in [3.05, 3.63) is 77.9 Å². The summed E-state index contributed by atoms with van der Waals surface area (Å²) in [6, 6.07) is 13.5. The van der Waals surface area contributed by atoms with Gasteiger partial charge in [0.25, 0.3) is 11.8 Å². The molecule has 1 heterocycles. The second kappa shape index (κ2) is 10.0. The molecule has 34 heavy (non-hydrogen) atoms. The van der Waals surface area contributed by atoms with Crippen LogP contribution < -0.4 is 20.1 Å². The number of nitrogens with zero attached hydrogens (tertiary/aromatic N) is 1. The van der Waals surface area contributed by atoms with E-state index in [9.17, 15) is 14.0 Å². The lowest BCUT2D eigenvalue weighted by Gasteiger charge is -2.18. The van der Waals surface area contributed by atoms with E-state index in [1.807, 2.05) is 6.92 Å². The summed E-state index contributed by atoms with van der Waals surface area (Å²) in [5.74, 6) is -0.509.